The van der Waals surface area contributed by atoms with Crippen molar-refractivity contribution in [1.82, 2.24) is 9.38 Å². The fraction of sp³-hybridized carbons (Fsp3) is 0. The number of halogens is 1. The number of nitrogens with two attached hydrogens (primary N) is 1. The third kappa shape index (κ3) is 2.59. The molecule has 0 radical (unpaired) electrons. The summed E-state index contributed by atoms with van der Waals surface area (Å²) in [4.78, 5) is 4.05. The second kappa shape index (κ2) is 5.05. The van der Waals surface area contributed by atoms with E-state index in [4.69, 9.17) is 5.73 Å². The summed E-state index contributed by atoms with van der Waals surface area (Å²) in [5, 5.41) is -0.0685. The second-order valence-corrected chi connectivity index (χ2v) is 6.86. The van der Waals surface area contributed by atoms with Crippen LogP contribution in [0.25, 0.3) is 5.65 Å². The highest BCUT2D eigenvalue weighted by Crippen LogP contribution is 2.23. The zero-order valence-corrected chi connectivity index (χ0v) is 13.1. The number of hydrogen-bond donors (Lipinski definition) is 2. The number of sulfonamides is 1. The first-order valence-corrected chi connectivity index (χ1v) is 8.26. The number of benzene rings is 1. The van der Waals surface area contributed by atoms with Gasteiger partial charge in [0.05, 0.1) is 0 Å². The Bertz CT molecular complexity index is 904. The highest BCUT2D eigenvalue weighted by Gasteiger charge is 2.23. The SMILES string of the molecule is Nc1nc2ccccn2c1S(=O)(=O)Nc1ccc(Br)cc1. The molecule has 8 heteroatoms. The molecule has 0 fully saturated rings. The van der Waals surface area contributed by atoms with Crippen LogP contribution in [0.2, 0.25) is 0 Å². The summed E-state index contributed by atoms with van der Waals surface area (Å²) in [5.41, 5.74) is 6.68. The van der Waals surface area contributed by atoms with Gasteiger partial charge < -0.3 is 5.73 Å². The largest absolute Gasteiger partial charge is 0.381 e. The summed E-state index contributed by atoms with van der Waals surface area (Å²) in [6.45, 7) is 0. The molecule has 3 aromatic rings. The van der Waals surface area contributed by atoms with Gasteiger partial charge in [-0.2, -0.15) is 8.42 Å². The van der Waals surface area contributed by atoms with Crippen molar-refractivity contribution in [3.05, 3.63) is 53.1 Å². The number of rotatable bonds is 3. The van der Waals surface area contributed by atoms with Gasteiger partial charge >= 0.3 is 0 Å². The molecule has 21 heavy (non-hydrogen) atoms. The Hall–Kier alpha value is -2.06. The highest BCUT2D eigenvalue weighted by molar-refractivity contribution is 9.10. The average molecular weight is 367 g/mol. The molecule has 108 valence electrons. The minimum atomic E-state index is -3.83. The Kier molecular flexibility index (Phi) is 3.34. The molecule has 0 aliphatic rings. The minimum absolute atomic E-state index is 0.0363. The van der Waals surface area contributed by atoms with Gasteiger partial charge in [-0.1, -0.05) is 22.0 Å². The van der Waals surface area contributed by atoms with Crippen LogP contribution in [0.1, 0.15) is 0 Å². The maximum absolute atomic E-state index is 12.5. The lowest BCUT2D eigenvalue weighted by Crippen LogP contribution is -2.16. The first-order chi connectivity index (χ1) is 9.97. The summed E-state index contributed by atoms with van der Waals surface area (Å²) in [5.74, 6) is -0.0363. The average Bonchev–Trinajstić information content (AvgIpc) is 2.77. The van der Waals surface area contributed by atoms with Crippen molar-refractivity contribution in [1.29, 1.82) is 0 Å². The van der Waals surface area contributed by atoms with Crippen LogP contribution in [0.3, 0.4) is 0 Å². The lowest BCUT2D eigenvalue weighted by molar-refractivity contribution is 0.597. The molecule has 0 bridgehead atoms. The fourth-order valence-corrected chi connectivity index (χ4v) is 3.52. The third-order valence-electron chi connectivity index (χ3n) is 2.86. The topological polar surface area (TPSA) is 89.5 Å². The first kappa shape index (κ1) is 13.9. The van der Waals surface area contributed by atoms with Crippen molar-refractivity contribution in [3.8, 4) is 0 Å². The standard InChI is InChI=1S/C13H11BrN4O2S/c14-9-4-6-10(7-5-9)17-21(19,20)13-12(15)16-11-3-1-2-8-18(11)13/h1-8,17H,15H2. The predicted molar refractivity (Wildman–Crippen MR) is 84.6 cm³/mol. The van der Waals surface area contributed by atoms with E-state index >= 15 is 0 Å². The van der Waals surface area contributed by atoms with E-state index in [-0.39, 0.29) is 10.8 Å². The van der Waals surface area contributed by atoms with E-state index < -0.39 is 10.0 Å². The monoisotopic (exact) mass is 366 g/mol. The van der Waals surface area contributed by atoms with E-state index in [0.29, 0.717) is 11.3 Å². The number of hydrogen-bond acceptors (Lipinski definition) is 4. The molecule has 0 aliphatic heterocycles. The van der Waals surface area contributed by atoms with Gasteiger partial charge in [0, 0.05) is 16.4 Å². The van der Waals surface area contributed by atoms with E-state index in [1.54, 1.807) is 48.7 Å². The summed E-state index contributed by atoms with van der Waals surface area (Å²) >= 11 is 3.30. The highest BCUT2D eigenvalue weighted by atomic mass is 79.9. The van der Waals surface area contributed by atoms with Gasteiger partial charge in [-0.05, 0) is 36.4 Å². The normalized spacial score (nSPS) is 11.7. The van der Waals surface area contributed by atoms with Gasteiger partial charge in [0.15, 0.2) is 5.82 Å². The summed E-state index contributed by atoms with van der Waals surface area (Å²) in [7, 11) is -3.83. The molecule has 0 atom stereocenters. The first-order valence-electron chi connectivity index (χ1n) is 5.98. The Morgan fingerprint density at radius 2 is 1.86 bits per heavy atom. The summed E-state index contributed by atoms with van der Waals surface area (Å²) in [6.07, 6.45) is 1.61. The quantitative estimate of drug-likeness (QED) is 0.744. The van der Waals surface area contributed by atoms with Crippen molar-refractivity contribution in [3.63, 3.8) is 0 Å². The number of nitrogens with one attached hydrogen (secondary N) is 1. The molecule has 6 nitrogen and oxygen atoms in total. The van der Waals surface area contributed by atoms with Crippen LogP contribution in [0, 0.1) is 0 Å². The third-order valence-corrected chi connectivity index (χ3v) is 4.81. The van der Waals surface area contributed by atoms with Gasteiger partial charge in [-0.25, -0.2) is 4.98 Å². The van der Waals surface area contributed by atoms with Crippen LogP contribution < -0.4 is 10.5 Å². The molecule has 0 saturated carbocycles. The van der Waals surface area contributed by atoms with Crippen LogP contribution >= 0.6 is 15.9 Å². The maximum atomic E-state index is 12.5. The molecule has 3 rings (SSSR count). The van der Waals surface area contributed by atoms with E-state index in [0.717, 1.165) is 4.47 Å². The van der Waals surface area contributed by atoms with Gasteiger partial charge in [-0.15, -0.1) is 0 Å². The number of pyridine rings is 1. The predicted octanol–water partition coefficient (Wildman–Crippen LogP) is 2.48. The maximum Gasteiger partial charge on any atom is 0.281 e. The zero-order valence-electron chi connectivity index (χ0n) is 10.7. The van der Waals surface area contributed by atoms with Crippen molar-refractivity contribution in [2.45, 2.75) is 5.03 Å². The van der Waals surface area contributed by atoms with Crippen LogP contribution in [0.15, 0.2) is 58.2 Å². The van der Waals surface area contributed by atoms with Gasteiger partial charge in [-0.3, -0.25) is 9.12 Å². The summed E-state index contributed by atoms with van der Waals surface area (Å²) < 4.78 is 29.8. The van der Waals surface area contributed by atoms with Gasteiger partial charge in [0.2, 0.25) is 5.03 Å². The number of fused-ring (bicyclic) bond motifs is 1. The molecule has 3 N–H and O–H groups in total. The lowest BCUT2D eigenvalue weighted by Gasteiger charge is -2.08. The van der Waals surface area contributed by atoms with E-state index in [2.05, 4.69) is 25.6 Å². The van der Waals surface area contributed by atoms with Crippen molar-refractivity contribution in [2.24, 2.45) is 0 Å². The number of nitrogens with zero attached hydrogens (tertiary/aromatic N) is 2. The van der Waals surface area contributed by atoms with Crippen LogP contribution in [0.4, 0.5) is 11.5 Å². The van der Waals surface area contributed by atoms with Crippen LogP contribution in [-0.4, -0.2) is 17.8 Å². The van der Waals surface area contributed by atoms with E-state index in [1.807, 2.05) is 0 Å². The Morgan fingerprint density at radius 1 is 1.14 bits per heavy atom. The Morgan fingerprint density at radius 3 is 2.57 bits per heavy atom. The number of nitrogen functional groups attached to an aromatic ring is 1. The Balaban J connectivity index is 2.08. The minimum Gasteiger partial charge on any atom is -0.381 e. The number of imidazole rings is 1. The zero-order chi connectivity index (χ0) is 15.0. The molecular formula is C13H11BrN4O2S. The molecular weight excluding hydrogens is 356 g/mol. The molecule has 0 aliphatic carbocycles. The van der Waals surface area contributed by atoms with E-state index in [9.17, 15) is 8.42 Å². The molecule has 0 amide bonds. The molecule has 0 unspecified atom stereocenters. The van der Waals surface area contributed by atoms with Gasteiger partial charge in [0.1, 0.15) is 5.65 Å². The lowest BCUT2D eigenvalue weighted by atomic mass is 10.3. The van der Waals surface area contributed by atoms with Crippen LogP contribution in [-0.2, 0) is 10.0 Å². The molecule has 1 aromatic carbocycles. The van der Waals surface area contributed by atoms with Crippen LogP contribution in [0.5, 0.6) is 0 Å². The van der Waals surface area contributed by atoms with Crippen molar-refractivity contribution < 1.29 is 8.42 Å². The van der Waals surface area contributed by atoms with E-state index in [1.165, 1.54) is 4.40 Å². The second-order valence-electron chi connectivity index (χ2n) is 4.34. The van der Waals surface area contributed by atoms with Crippen molar-refractivity contribution >= 4 is 43.1 Å². The summed E-state index contributed by atoms with van der Waals surface area (Å²) in [6, 6.07) is 12.0. The molecule has 2 heterocycles. The Labute approximate surface area is 129 Å². The number of anilines is 2. The smallest absolute Gasteiger partial charge is 0.281 e. The fourth-order valence-electron chi connectivity index (χ4n) is 1.98. The number of aromatic nitrogens is 2. The molecule has 2 aromatic heterocycles. The molecule has 0 saturated heterocycles. The van der Waals surface area contributed by atoms with Gasteiger partial charge in [0.25, 0.3) is 10.0 Å². The van der Waals surface area contributed by atoms with Crippen molar-refractivity contribution in [2.75, 3.05) is 10.5 Å². The molecule has 0 spiro atoms.